The van der Waals surface area contributed by atoms with Gasteiger partial charge in [0.25, 0.3) is 5.91 Å². The van der Waals surface area contributed by atoms with Crippen molar-refractivity contribution in [2.75, 3.05) is 31.2 Å². The summed E-state index contributed by atoms with van der Waals surface area (Å²) in [5.41, 5.74) is 3.21. The topological polar surface area (TPSA) is 107 Å². The standard InChI is InChI=1S/C21H20F2N4O5S/c22-15-3-6-17(23)18(13-15)33(31,32)26-11-9-25(10-12-26)21(30)14-1-4-16(5-2-14)27-20(29)8-7-19(28)24-27/h1-6,13H,7-12H2,(H,24,28). The van der Waals surface area contributed by atoms with Gasteiger partial charge in [0.15, 0.2) is 0 Å². The molecule has 33 heavy (non-hydrogen) atoms. The van der Waals surface area contributed by atoms with Crippen LogP contribution in [0.3, 0.4) is 0 Å². The molecule has 2 aromatic carbocycles. The molecule has 0 saturated carbocycles. The fourth-order valence-corrected chi connectivity index (χ4v) is 5.16. The van der Waals surface area contributed by atoms with E-state index < -0.39 is 26.6 Å². The molecule has 2 aliphatic heterocycles. The Balaban J connectivity index is 1.42. The number of hydrazine groups is 1. The van der Waals surface area contributed by atoms with Crippen LogP contribution in [-0.2, 0) is 19.6 Å². The van der Waals surface area contributed by atoms with Crippen LogP contribution in [-0.4, -0.2) is 61.5 Å². The molecule has 0 atom stereocenters. The van der Waals surface area contributed by atoms with Crippen molar-refractivity contribution < 1.29 is 31.6 Å². The number of carbonyl (C=O) groups excluding carboxylic acids is 3. The van der Waals surface area contributed by atoms with Gasteiger partial charge in [-0.05, 0) is 42.5 Å². The first-order valence-electron chi connectivity index (χ1n) is 10.1. The molecule has 0 aromatic heterocycles. The summed E-state index contributed by atoms with van der Waals surface area (Å²) in [5, 5.41) is 1.13. The Morgan fingerprint density at radius 2 is 1.58 bits per heavy atom. The van der Waals surface area contributed by atoms with Crippen LogP contribution in [0.4, 0.5) is 14.5 Å². The van der Waals surface area contributed by atoms with Gasteiger partial charge >= 0.3 is 0 Å². The fraction of sp³-hybridized carbons (Fsp3) is 0.286. The number of carbonyl (C=O) groups is 3. The molecule has 12 heteroatoms. The average Bonchev–Trinajstić information content (AvgIpc) is 2.82. The zero-order chi connectivity index (χ0) is 23.8. The van der Waals surface area contributed by atoms with E-state index >= 15 is 0 Å². The van der Waals surface area contributed by atoms with Crippen LogP contribution in [0.1, 0.15) is 23.2 Å². The van der Waals surface area contributed by atoms with Crippen molar-refractivity contribution in [2.45, 2.75) is 17.7 Å². The van der Waals surface area contributed by atoms with Crippen LogP contribution in [0.5, 0.6) is 0 Å². The van der Waals surface area contributed by atoms with Gasteiger partial charge in [-0.25, -0.2) is 22.2 Å². The minimum Gasteiger partial charge on any atom is -0.336 e. The summed E-state index contributed by atoms with van der Waals surface area (Å²) in [7, 11) is -4.25. The van der Waals surface area contributed by atoms with Crippen molar-refractivity contribution in [3.63, 3.8) is 0 Å². The predicted octanol–water partition coefficient (Wildman–Crippen LogP) is 1.27. The molecule has 2 heterocycles. The molecule has 0 bridgehead atoms. The Hall–Kier alpha value is -3.38. The van der Waals surface area contributed by atoms with Crippen molar-refractivity contribution >= 4 is 33.4 Å². The molecular formula is C21H20F2N4O5S. The molecule has 2 saturated heterocycles. The maximum atomic E-state index is 14.0. The van der Waals surface area contributed by atoms with Crippen LogP contribution >= 0.6 is 0 Å². The lowest BCUT2D eigenvalue weighted by molar-refractivity contribution is -0.130. The molecule has 0 aliphatic carbocycles. The minimum absolute atomic E-state index is 0.0669. The van der Waals surface area contributed by atoms with Gasteiger partial charge in [-0.3, -0.25) is 19.8 Å². The van der Waals surface area contributed by atoms with Crippen LogP contribution < -0.4 is 10.4 Å². The van der Waals surface area contributed by atoms with Crippen LogP contribution in [0.15, 0.2) is 47.4 Å². The lowest BCUT2D eigenvalue weighted by Gasteiger charge is -2.34. The maximum absolute atomic E-state index is 14.0. The quantitative estimate of drug-likeness (QED) is 0.712. The zero-order valence-corrected chi connectivity index (χ0v) is 18.1. The van der Waals surface area contributed by atoms with E-state index in [2.05, 4.69) is 5.43 Å². The van der Waals surface area contributed by atoms with E-state index in [9.17, 15) is 31.6 Å². The van der Waals surface area contributed by atoms with Crippen LogP contribution in [0.25, 0.3) is 0 Å². The summed E-state index contributed by atoms with van der Waals surface area (Å²) in [4.78, 5) is 37.1. The summed E-state index contributed by atoms with van der Waals surface area (Å²) in [6.07, 6.45) is 0.221. The number of nitrogens with zero attached hydrogens (tertiary/aromatic N) is 3. The van der Waals surface area contributed by atoms with E-state index in [1.807, 2.05) is 0 Å². The largest absolute Gasteiger partial charge is 0.336 e. The summed E-state index contributed by atoms with van der Waals surface area (Å²) in [6.45, 7) is -0.0122. The molecule has 0 unspecified atom stereocenters. The molecule has 1 N–H and O–H groups in total. The van der Waals surface area contributed by atoms with E-state index in [4.69, 9.17) is 0 Å². The molecule has 174 valence electrons. The highest BCUT2D eigenvalue weighted by Gasteiger charge is 2.32. The molecule has 4 rings (SSSR count). The van der Waals surface area contributed by atoms with E-state index in [1.165, 1.54) is 29.2 Å². The summed E-state index contributed by atoms with van der Waals surface area (Å²) >= 11 is 0. The second-order valence-electron chi connectivity index (χ2n) is 7.58. The molecule has 2 fully saturated rings. The number of rotatable bonds is 4. The average molecular weight is 478 g/mol. The Labute approximate surface area is 188 Å². The molecule has 2 aromatic rings. The van der Waals surface area contributed by atoms with Crippen LogP contribution in [0.2, 0.25) is 0 Å². The van der Waals surface area contributed by atoms with Gasteiger partial charge in [-0.2, -0.15) is 4.31 Å². The first-order valence-corrected chi connectivity index (χ1v) is 11.6. The van der Waals surface area contributed by atoms with E-state index in [-0.39, 0.29) is 56.7 Å². The zero-order valence-electron chi connectivity index (χ0n) is 17.3. The molecule has 2 aliphatic rings. The molecule has 9 nitrogen and oxygen atoms in total. The van der Waals surface area contributed by atoms with E-state index in [1.54, 1.807) is 0 Å². The Bertz CT molecular complexity index is 1210. The number of anilines is 1. The summed E-state index contributed by atoms with van der Waals surface area (Å²) in [5.74, 6) is -2.79. The molecule has 0 radical (unpaired) electrons. The number of halogens is 2. The first-order chi connectivity index (χ1) is 15.7. The van der Waals surface area contributed by atoms with Crippen LogP contribution in [0, 0.1) is 11.6 Å². The number of benzene rings is 2. The van der Waals surface area contributed by atoms with E-state index in [0.29, 0.717) is 17.3 Å². The molecule has 3 amide bonds. The lowest BCUT2D eigenvalue weighted by atomic mass is 10.1. The molecule has 0 spiro atoms. The van der Waals surface area contributed by atoms with Gasteiger partial charge in [-0.1, -0.05) is 0 Å². The van der Waals surface area contributed by atoms with Gasteiger partial charge in [-0.15, -0.1) is 0 Å². The van der Waals surface area contributed by atoms with Crippen molar-refractivity contribution in [1.29, 1.82) is 0 Å². The number of hydrogen-bond donors (Lipinski definition) is 1. The van der Waals surface area contributed by atoms with Crippen molar-refractivity contribution in [3.8, 4) is 0 Å². The maximum Gasteiger partial charge on any atom is 0.253 e. The SMILES string of the molecule is O=C1CCC(=O)N(c2ccc(C(=O)N3CCN(S(=O)(=O)c4cc(F)ccc4F)CC3)cc2)N1. The summed E-state index contributed by atoms with van der Waals surface area (Å²) < 4.78 is 53.8. The summed E-state index contributed by atoms with van der Waals surface area (Å²) in [6, 6.07) is 8.32. The minimum atomic E-state index is -4.25. The van der Waals surface area contributed by atoms with Crippen molar-refractivity contribution in [1.82, 2.24) is 14.6 Å². The van der Waals surface area contributed by atoms with Gasteiger partial charge in [0.05, 0.1) is 5.69 Å². The third-order valence-corrected chi connectivity index (χ3v) is 7.37. The van der Waals surface area contributed by atoms with Gasteiger partial charge in [0.1, 0.15) is 16.5 Å². The third-order valence-electron chi connectivity index (χ3n) is 5.46. The highest BCUT2D eigenvalue weighted by Crippen LogP contribution is 2.23. The smallest absolute Gasteiger partial charge is 0.253 e. The lowest BCUT2D eigenvalue weighted by Crippen LogP contribution is -2.51. The normalized spacial score (nSPS) is 17.8. The number of hydrogen-bond acceptors (Lipinski definition) is 5. The van der Waals surface area contributed by atoms with E-state index in [0.717, 1.165) is 21.4 Å². The Morgan fingerprint density at radius 3 is 2.24 bits per heavy atom. The van der Waals surface area contributed by atoms with Gasteiger partial charge in [0, 0.05) is 44.6 Å². The number of piperazine rings is 1. The van der Waals surface area contributed by atoms with Gasteiger partial charge in [0.2, 0.25) is 21.8 Å². The fourth-order valence-electron chi connectivity index (χ4n) is 3.66. The molecular weight excluding hydrogens is 458 g/mol. The number of sulfonamides is 1. The highest BCUT2D eigenvalue weighted by molar-refractivity contribution is 7.89. The monoisotopic (exact) mass is 478 g/mol. The Morgan fingerprint density at radius 1 is 0.909 bits per heavy atom. The predicted molar refractivity (Wildman–Crippen MR) is 112 cm³/mol. The third kappa shape index (κ3) is 4.57. The van der Waals surface area contributed by atoms with Crippen molar-refractivity contribution in [3.05, 3.63) is 59.7 Å². The number of nitrogens with one attached hydrogen (secondary N) is 1. The second-order valence-corrected chi connectivity index (χ2v) is 9.49. The number of amides is 3. The van der Waals surface area contributed by atoms with Gasteiger partial charge < -0.3 is 4.90 Å². The second kappa shape index (κ2) is 8.87. The first kappa shape index (κ1) is 22.8. The Kier molecular flexibility index (Phi) is 6.13. The highest BCUT2D eigenvalue weighted by atomic mass is 32.2. The van der Waals surface area contributed by atoms with Crippen molar-refractivity contribution in [2.24, 2.45) is 0 Å².